The number of benzene rings is 2. The Balaban J connectivity index is 1.99. The molecule has 3 rings (SSSR count). The summed E-state index contributed by atoms with van der Waals surface area (Å²) < 4.78 is 40.2. The summed E-state index contributed by atoms with van der Waals surface area (Å²) in [5, 5.41) is 5.13. The van der Waals surface area contributed by atoms with Crippen LogP contribution >= 0.6 is 0 Å². The first kappa shape index (κ1) is 18.4. The number of carbonyl (C=O) groups excluding carboxylic acids is 2. The number of halogens is 3. The van der Waals surface area contributed by atoms with Crippen LogP contribution in [0.4, 0.5) is 24.5 Å². The van der Waals surface area contributed by atoms with Gasteiger partial charge in [-0.2, -0.15) is 13.2 Å². The van der Waals surface area contributed by atoms with Crippen LogP contribution < -0.4 is 10.6 Å². The Morgan fingerprint density at radius 1 is 1.00 bits per heavy atom. The number of hydrogen-bond donors (Lipinski definition) is 2. The van der Waals surface area contributed by atoms with Crippen molar-refractivity contribution < 1.29 is 22.8 Å². The maximum atomic E-state index is 13.4. The number of amides is 2. The van der Waals surface area contributed by atoms with Gasteiger partial charge in [0.1, 0.15) is 0 Å². The van der Waals surface area contributed by atoms with E-state index in [1.165, 1.54) is 25.3 Å². The average Bonchev–Trinajstić information content (AvgIpc) is 2.61. The van der Waals surface area contributed by atoms with Gasteiger partial charge in [0.25, 0.3) is 5.91 Å². The number of pyridine rings is 1. The third kappa shape index (κ3) is 4.05. The molecule has 0 aliphatic heterocycles. The highest BCUT2D eigenvalue weighted by atomic mass is 19.4. The van der Waals surface area contributed by atoms with Crippen LogP contribution in [0.5, 0.6) is 0 Å². The molecule has 0 fully saturated rings. The third-order valence-electron chi connectivity index (χ3n) is 3.79. The highest BCUT2D eigenvalue weighted by molar-refractivity contribution is 6.12. The van der Waals surface area contributed by atoms with Crippen LogP contribution in [0, 0.1) is 0 Å². The van der Waals surface area contributed by atoms with E-state index in [4.69, 9.17) is 0 Å². The topological polar surface area (TPSA) is 71.1 Å². The van der Waals surface area contributed by atoms with Crippen LogP contribution in [0.25, 0.3) is 10.9 Å². The molecule has 0 spiro atoms. The molecular weight excluding hydrogens is 359 g/mol. The van der Waals surface area contributed by atoms with Gasteiger partial charge in [0.2, 0.25) is 5.91 Å². The van der Waals surface area contributed by atoms with Gasteiger partial charge in [0.15, 0.2) is 0 Å². The lowest BCUT2D eigenvalue weighted by Gasteiger charge is -2.16. The quantitative estimate of drug-likeness (QED) is 0.712. The van der Waals surface area contributed by atoms with Crippen molar-refractivity contribution in [2.75, 3.05) is 10.6 Å². The van der Waals surface area contributed by atoms with Gasteiger partial charge in [-0.3, -0.25) is 14.6 Å². The van der Waals surface area contributed by atoms with Crippen molar-refractivity contribution in [2.45, 2.75) is 13.1 Å². The van der Waals surface area contributed by atoms with E-state index in [1.54, 1.807) is 24.3 Å². The van der Waals surface area contributed by atoms with E-state index in [2.05, 4.69) is 15.6 Å². The first-order chi connectivity index (χ1) is 12.8. The molecule has 0 atom stereocenters. The molecule has 0 bridgehead atoms. The Morgan fingerprint density at radius 3 is 2.44 bits per heavy atom. The van der Waals surface area contributed by atoms with Crippen LogP contribution in [0.1, 0.15) is 22.8 Å². The lowest BCUT2D eigenvalue weighted by Crippen LogP contribution is -2.18. The summed E-state index contributed by atoms with van der Waals surface area (Å²) in [5.74, 6) is -1.19. The van der Waals surface area contributed by atoms with E-state index in [9.17, 15) is 22.8 Å². The summed E-state index contributed by atoms with van der Waals surface area (Å²) in [7, 11) is 0. The fourth-order valence-electron chi connectivity index (χ4n) is 2.65. The molecule has 0 radical (unpaired) electrons. The number of para-hydroxylation sites is 1. The number of hydrogen-bond acceptors (Lipinski definition) is 3. The number of aromatic nitrogens is 1. The fourth-order valence-corrected chi connectivity index (χ4v) is 2.65. The minimum atomic E-state index is -4.71. The van der Waals surface area contributed by atoms with Crippen LogP contribution in [-0.4, -0.2) is 16.8 Å². The largest absolute Gasteiger partial charge is 0.418 e. The van der Waals surface area contributed by atoms with Crippen molar-refractivity contribution in [3.8, 4) is 0 Å². The van der Waals surface area contributed by atoms with Crippen molar-refractivity contribution in [3.63, 3.8) is 0 Å². The molecule has 8 heteroatoms. The van der Waals surface area contributed by atoms with E-state index in [1.807, 2.05) is 0 Å². The number of rotatable bonds is 3. The Hall–Kier alpha value is -3.42. The molecule has 3 aromatic rings. The third-order valence-corrected chi connectivity index (χ3v) is 3.79. The fraction of sp³-hybridized carbons (Fsp3) is 0.105. The van der Waals surface area contributed by atoms with Crippen molar-refractivity contribution in [1.82, 2.24) is 4.98 Å². The molecule has 2 amide bonds. The molecule has 2 aromatic carbocycles. The zero-order valence-electron chi connectivity index (χ0n) is 14.1. The molecule has 0 saturated carbocycles. The van der Waals surface area contributed by atoms with Crippen LogP contribution in [0.3, 0.4) is 0 Å². The maximum absolute atomic E-state index is 13.4. The first-order valence-corrected chi connectivity index (χ1v) is 7.89. The van der Waals surface area contributed by atoms with Gasteiger partial charge < -0.3 is 10.6 Å². The lowest BCUT2D eigenvalue weighted by molar-refractivity contribution is -0.137. The van der Waals surface area contributed by atoms with Gasteiger partial charge >= 0.3 is 6.18 Å². The lowest BCUT2D eigenvalue weighted by atomic mass is 10.1. The standard InChI is InChI=1S/C19H14F3N3O2/c1-11(26)24-12-6-7-17(15(10-12)19(20,21)22)25-18(27)14-8-9-23-16-5-3-2-4-13(14)16/h2-10H,1H3,(H,24,26)(H,25,27). The second kappa shape index (κ2) is 7.06. The van der Waals surface area contributed by atoms with Crippen LogP contribution in [0.2, 0.25) is 0 Å². The molecule has 0 unspecified atom stereocenters. The van der Waals surface area contributed by atoms with E-state index < -0.39 is 29.2 Å². The van der Waals surface area contributed by atoms with Gasteiger partial charge in [-0.1, -0.05) is 18.2 Å². The normalized spacial score (nSPS) is 11.3. The molecule has 2 N–H and O–H groups in total. The second-order valence-electron chi connectivity index (χ2n) is 5.77. The smallest absolute Gasteiger partial charge is 0.326 e. The van der Waals surface area contributed by atoms with Crippen LogP contribution in [0.15, 0.2) is 54.7 Å². The summed E-state index contributed by atoms with van der Waals surface area (Å²) in [6.07, 6.45) is -3.29. The van der Waals surface area contributed by atoms with Gasteiger partial charge in [-0.25, -0.2) is 0 Å². The number of nitrogens with one attached hydrogen (secondary N) is 2. The van der Waals surface area contributed by atoms with Crippen molar-refractivity contribution in [1.29, 1.82) is 0 Å². The van der Waals surface area contributed by atoms with Crippen LogP contribution in [-0.2, 0) is 11.0 Å². The van der Waals surface area contributed by atoms with E-state index in [0.717, 1.165) is 12.1 Å². The Kier molecular flexibility index (Phi) is 4.81. The Labute approximate surface area is 152 Å². The molecule has 27 heavy (non-hydrogen) atoms. The Morgan fingerprint density at radius 2 is 1.74 bits per heavy atom. The number of fused-ring (bicyclic) bond motifs is 1. The highest BCUT2D eigenvalue weighted by Gasteiger charge is 2.34. The summed E-state index contributed by atoms with van der Waals surface area (Å²) in [6.45, 7) is 1.19. The monoisotopic (exact) mass is 373 g/mol. The van der Waals surface area contributed by atoms with Crippen molar-refractivity contribution in [3.05, 3.63) is 65.9 Å². The van der Waals surface area contributed by atoms with Crippen molar-refractivity contribution >= 4 is 34.1 Å². The molecule has 1 aromatic heterocycles. The first-order valence-electron chi connectivity index (χ1n) is 7.89. The van der Waals surface area contributed by atoms with E-state index in [-0.39, 0.29) is 11.3 Å². The zero-order valence-corrected chi connectivity index (χ0v) is 14.1. The highest BCUT2D eigenvalue weighted by Crippen LogP contribution is 2.37. The summed E-state index contributed by atoms with van der Waals surface area (Å²) in [5.41, 5.74) is -0.702. The maximum Gasteiger partial charge on any atom is 0.418 e. The summed E-state index contributed by atoms with van der Waals surface area (Å²) in [6, 6.07) is 11.4. The molecule has 1 heterocycles. The van der Waals surface area contributed by atoms with Gasteiger partial charge in [0, 0.05) is 24.2 Å². The van der Waals surface area contributed by atoms with Gasteiger partial charge in [0.05, 0.1) is 22.3 Å². The predicted octanol–water partition coefficient (Wildman–Crippen LogP) is 4.46. The second-order valence-corrected chi connectivity index (χ2v) is 5.77. The summed E-state index contributed by atoms with van der Waals surface area (Å²) in [4.78, 5) is 27.8. The Bertz CT molecular complexity index is 1030. The zero-order chi connectivity index (χ0) is 19.6. The summed E-state index contributed by atoms with van der Waals surface area (Å²) >= 11 is 0. The number of nitrogens with zero attached hydrogens (tertiary/aromatic N) is 1. The van der Waals surface area contributed by atoms with E-state index in [0.29, 0.717) is 10.9 Å². The molecule has 5 nitrogen and oxygen atoms in total. The molecule has 138 valence electrons. The molecule has 0 saturated heterocycles. The minimum Gasteiger partial charge on any atom is -0.326 e. The van der Waals surface area contributed by atoms with Gasteiger partial charge in [-0.05, 0) is 30.3 Å². The predicted molar refractivity (Wildman–Crippen MR) is 95.4 cm³/mol. The molecule has 0 aliphatic rings. The average molecular weight is 373 g/mol. The van der Waals surface area contributed by atoms with Crippen molar-refractivity contribution in [2.24, 2.45) is 0 Å². The number of carbonyl (C=O) groups is 2. The van der Waals surface area contributed by atoms with E-state index >= 15 is 0 Å². The minimum absolute atomic E-state index is 0.0119. The molecular formula is C19H14F3N3O2. The number of alkyl halides is 3. The SMILES string of the molecule is CC(=O)Nc1ccc(NC(=O)c2ccnc3ccccc23)c(C(F)(F)F)c1. The van der Waals surface area contributed by atoms with Gasteiger partial charge in [-0.15, -0.1) is 0 Å². The number of anilines is 2. The molecule has 0 aliphatic carbocycles.